The summed E-state index contributed by atoms with van der Waals surface area (Å²) in [5.41, 5.74) is -1.01. The highest BCUT2D eigenvalue weighted by Crippen LogP contribution is 2.36. The van der Waals surface area contributed by atoms with Crippen molar-refractivity contribution in [3.05, 3.63) is 69.7 Å². The summed E-state index contributed by atoms with van der Waals surface area (Å²) in [5, 5.41) is 4.84. The van der Waals surface area contributed by atoms with Crippen molar-refractivity contribution in [3.8, 4) is 11.5 Å². The van der Waals surface area contributed by atoms with Gasteiger partial charge >= 0.3 is 12.4 Å². The lowest BCUT2D eigenvalue weighted by molar-refractivity contribution is -0.153. The van der Waals surface area contributed by atoms with Gasteiger partial charge in [0.05, 0.1) is 22.0 Å². The second kappa shape index (κ2) is 9.69. The summed E-state index contributed by atoms with van der Waals surface area (Å²) in [7, 11) is 0. The van der Waals surface area contributed by atoms with Crippen LogP contribution in [0.25, 0.3) is 0 Å². The minimum absolute atomic E-state index is 0.0149. The third-order valence-electron chi connectivity index (χ3n) is 4.10. The maximum atomic E-state index is 13.1. The first kappa shape index (κ1) is 24.4. The van der Waals surface area contributed by atoms with Crippen LogP contribution >= 0.6 is 11.3 Å². The summed E-state index contributed by atoms with van der Waals surface area (Å²) in [4.78, 5) is 16.9. The zero-order valence-electron chi connectivity index (χ0n) is 16.9. The molecule has 3 aromatic rings. The van der Waals surface area contributed by atoms with E-state index in [1.807, 2.05) is 12.3 Å². The van der Waals surface area contributed by atoms with Gasteiger partial charge in [-0.15, -0.1) is 11.3 Å². The Kier molecular flexibility index (Phi) is 7.15. The molecule has 0 radical (unpaired) electrons. The van der Waals surface area contributed by atoms with Crippen LogP contribution in [0.1, 0.15) is 26.6 Å². The number of amides is 1. The Labute approximate surface area is 188 Å². The Morgan fingerprint density at radius 2 is 1.82 bits per heavy atom. The van der Waals surface area contributed by atoms with Gasteiger partial charge in [0.15, 0.2) is 6.61 Å². The first-order chi connectivity index (χ1) is 15.4. The van der Waals surface area contributed by atoms with E-state index < -0.39 is 41.9 Å². The summed E-state index contributed by atoms with van der Waals surface area (Å²) in [6.45, 7) is 0.235. The molecule has 1 aromatic heterocycles. The quantitative estimate of drug-likeness (QED) is 0.398. The van der Waals surface area contributed by atoms with Crippen molar-refractivity contribution in [2.24, 2.45) is 0 Å². The van der Waals surface area contributed by atoms with Crippen molar-refractivity contribution < 1.29 is 40.6 Å². The van der Waals surface area contributed by atoms with E-state index in [0.29, 0.717) is 23.6 Å². The molecule has 1 N–H and O–H groups in total. The Morgan fingerprint density at radius 3 is 2.45 bits per heavy atom. The normalized spacial score (nSPS) is 11.8. The van der Waals surface area contributed by atoms with Crippen LogP contribution in [0, 0.1) is 6.92 Å². The zero-order valence-corrected chi connectivity index (χ0v) is 17.7. The Morgan fingerprint density at radius 1 is 1.06 bits per heavy atom. The van der Waals surface area contributed by atoms with E-state index in [-0.39, 0.29) is 12.2 Å². The summed E-state index contributed by atoms with van der Waals surface area (Å²) < 4.78 is 86.8. The van der Waals surface area contributed by atoms with Crippen LogP contribution < -0.4 is 14.8 Å². The Hall–Kier alpha value is -3.28. The molecule has 3 rings (SSSR count). The molecule has 176 valence electrons. The number of carbonyl (C=O) groups is 1. The van der Waals surface area contributed by atoms with Gasteiger partial charge in [-0.05, 0) is 43.3 Å². The molecule has 12 heteroatoms. The fraction of sp³-hybridized carbons (Fsp3) is 0.238. The lowest BCUT2D eigenvalue weighted by atomic mass is 10.1. The Bertz CT molecular complexity index is 1130. The first-order valence-corrected chi connectivity index (χ1v) is 10.1. The van der Waals surface area contributed by atoms with Gasteiger partial charge in [0.1, 0.15) is 18.1 Å². The van der Waals surface area contributed by atoms with Crippen LogP contribution in [0.4, 0.5) is 32.0 Å². The zero-order chi connectivity index (χ0) is 24.2. The van der Waals surface area contributed by atoms with E-state index in [1.165, 1.54) is 29.5 Å². The smallest absolute Gasteiger partial charge is 0.422 e. The van der Waals surface area contributed by atoms with E-state index >= 15 is 0 Å². The van der Waals surface area contributed by atoms with E-state index in [1.54, 1.807) is 6.07 Å². The van der Waals surface area contributed by atoms with Gasteiger partial charge in [-0.25, -0.2) is 4.98 Å². The molecule has 5 nitrogen and oxygen atoms in total. The molecule has 33 heavy (non-hydrogen) atoms. The number of nitrogens with zero attached hydrogens (tertiary/aromatic N) is 1. The number of nitrogens with one attached hydrogen (secondary N) is 1. The monoisotopic (exact) mass is 490 g/mol. The van der Waals surface area contributed by atoms with Gasteiger partial charge in [0.25, 0.3) is 5.91 Å². The lowest BCUT2D eigenvalue weighted by Gasteiger charge is -2.16. The fourth-order valence-corrected chi connectivity index (χ4v) is 3.24. The van der Waals surface area contributed by atoms with Gasteiger partial charge in [-0.3, -0.25) is 4.79 Å². The van der Waals surface area contributed by atoms with E-state index in [2.05, 4.69) is 15.0 Å². The standard InChI is InChI=1S/C21H16F6N2O3S/c1-12-28-15(10-33-12)9-31-16-4-2-3-13(7-16)19(30)29-17-8-14(21(25,26)27)5-6-18(17)32-11-20(22,23)24/h2-8,10H,9,11H2,1H3,(H,29,30). The van der Waals surface area contributed by atoms with Gasteiger partial charge in [-0.2, -0.15) is 26.3 Å². The largest absolute Gasteiger partial charge is 0.487 e. The van der Waals surface area contributed by atoms with Gasteiger partial charge < -0.3 is 14.8 Å². The number of halogens is 6. The molecule has 0 bridgehead atoms. The highest BCUT2D eigenvalue weighted by atomic mass is 32.1. The number of ether oxygens (including phenoxy) is 2. The molecule has 1 amide bonds. The molecule has 0 aliphatic rings. The maximum absolute atomic E-state index is 13.1. The summed E-state index contributed by atoms with van der Waals surface area (Å²) in [5.74, 6) is -1.12. The van der Waals surface area contributed by atoms with Crippen molar-refractivity contribution in [1.82, 2.24) is 4.98 Å². The molecule has 0 saturated carbocycles. The minimum Gasteiger partial charge on any atom is -0.487 e. The number of thiazole rings is 1. The number of carbonyl (C=O) groups excluding carboxylic acids is 1. The highest BCUT2D eigenvalue weighted by molar-refractivity contribution is 7.09. The third-order valence-corrected chi connectivity index (χ3v) is 4.92. The average molecular weight is 490 g/mol. The summed E-state index contributed by atoms with van der Waals surface area (Å²) >= 11 is 1.44. The SMILES string of the molecule is Cc1nc(COc2cccc(C(=O)Nc3cc(C(F)(F)F)ccc3OCC(F)(F)F)c2)cs1. The number of benzene rings is 2. The Balaban J connectivity index is 1.78. The molecule has 0 aliphatic heterocycles. The molecular formula is C21H16F6N2O3S. The number of aromatic nitrogens is 1. The second-order valence-corrected chi connectivity index (χ2v) is 7.80. The molecular weight excluding hydrogens is 474 g/mol. The predicted molar refractivity (Wildman–Crippen MR) is 109 cm³/mol. The van der Waals surface area contributed by atoms with Crippen molar-refractivity contribution in [2.75, 3.05) is 11.9 Å². The van der Waals surface area contributed by atoms with Crippen LogP contribution in [0.5, 0.6) is 11.5 Å². The number of aryl methyl sites for hydroxylation is 1. The van der Waals surface area contributed by atoms with Crippen LogP contribution in [0.3, 0.4) is 0 Å². The summed E-state index contributed by atoms with van der Waals surface area (Å²) in [6, 6.07) is 7.57. The minimum atomic E-state index is -4.77. The van der Waals surface area contributed by atoms with Crippen molar-refractivity contribution in [1.29, 1.82) is 0 Å². The van der Waals surface area contributed by atoms with Crippen molar-refractivity contribution in [3.63, 3.8) is 0 Å². The highest BCUT2D eigenvalue weighted by Gasteiger charge is 2.33. The lowest BCUT2D eigenvalue weighted by Crippen LogP contribution is -2.21. The molecule has 0 unspecified atom stereocenters. The third kappa shape index (κ3) is 7.11. The average Bonchev–Trinajstić information content (AvgIpc) is 3.15. The number of anilines is 1. The van der Waals surface area contributed by atoms with Crippen LogP contribution in [0.15, 0.2) is 47.8 Å². The van der Waals surface area contributed by atoms with Crippen LogP contribution in [-0.2, 0) is 12.8 Å². The molecule has 0 aliphatic carbocycles. The van der Waals surface area contributed by atoms with Gasteiger partial charge in [0, 0.05) is 10.9 Å². The predicted octanol–water partition coefficient (Wildman–Crippen LogP) is 6.24. The van der Waals surface area contributed by atoms with Crippen molar-refractivity contribution >= 4 is 22.9 Å². The van der Waals surface area contributed by atoms with Gasteiger partial charge in [-0.1, -0.05) is 6.07 Å². The molecule has 0 spiro atoms. The fourth-order valence-electron chi connectivity index (χ4n) is 2.64. The van der Waals surface area contributed by atoms with E-state index in [4.69, 9.17) is 4.74 Å². The van der Waals surface area contributed by atoms with Gasteiger partial charge in [0.2, 0.25) is 0 Å². The maximum Gasteiger partial charge on any atom is 0.422 e. The van der Waals surface area contributed by atoms with Crippen LogP contribution in [0.2, 0.25) is 0 Å². The molecule has 0 atom stereocenters. The molecule has 1 heterocycles. The second-order valence-electron chi connectivity index (χ2n) is 6.74. The number of alkyl halides is 6. The number of hydrogen-bond donors (Lipinski definition) is 1. The number of rotatable bonds is 7. The molecule has 0 saturated heterocycles. The summed E-state index contributed by atoms with van der Waals surface area (Å²) in [6.07, 6.45) is -9.49. The van der Waals surface area contributed by atoms with E-state index in [9.17, 15) is 31.1 Å². The molecule has 2 aromatic carbocycles. The van der Waals surface area contributed by atoms with Crippen LogP contribution in [-0.4, -0.2) is 23.7 Å². The van der Waals surface area contributed by atoms with E-state index in [0.717, 1.165) is 11.1 Å². The van der Waals surface area contributed by atoms with Crippen molar-refractivity contribution in [2.45, 2.75) is 25.9 Å². The first-order valence-electron chi connectivity index (χ1n) is 9.27. The molecule has 0 fully saturated rings. The topological polar surface area (TPSA) is 60.5 Å². The number of hydrogen-bond acceptors (Lipinski definition) is 5.